The summed E-state index contributed by atoms with van der Waals surface area (Å²) in [5, 5.41) is 9.69. The number of phenolic OH excluding ortho intramolecular Hbond substituents is 1. The molecule has 0 bridgehead atoms. The number of hydrogen-bond acceptors (Lipinski definition) is 4. The number of terminal acetylenes is 1. The van der Waals surface area contributed by atoms with Crippen LogP contribution in [0.1, 0.15) is 40.7 Å². The zero-order chi connectivity index (χ0) is 18.0. The molecule has 1 aliphatic rings. The second kappa shape index (κ2) is 6.52. The Hall–Kier alpha value is -2.93. The van der Waals surface area contributed by atoms with Crippen molar-refractivity contribution in [3.8, 4) is 23.8 Å². The van der Waals surface area contributed by atoms with Crippen molar-refractivity contribution in [3.63, 3.8) is 0 Å². The lowest BCUT2D eigenvalue weighted by Crippen LogP contribution is -2.41. The van der Waals surface area contributed by atoms with Crippen molar-refractivity contribution in [3.05, 3.63) is 59.2 Å². The monoisotopic (exact) mass is 336 g/mol. The number of esters is 1. The molecule has 0 saturated heterocycles. The van der Waals surface area contributed by atoms with E-state index in [0.717, 1.165) is 17.5 Å². The third-order valence-corrected chi connectivity index (χ3v) is 4.91. The Morgan fingerprint density at radius 2 is 2.08 bits per heavy atom. The number of methoxy groups -OCH3 is 1. The average molecular weight is 336 g/mol. The van der Waals surface area contributed by atoms with Crippen molar-refractivity contribution < 1.29 is 19.4 Å². The Morgan fingerprint density at radius 3 is 2.68 bits per heavy atom. The number of benzene rings is 2. The molecule has 0 fully saturated rings. The third-order valence-electron chi connectivity index (χ3n) is 4.91. The first-order valence-electron chi connectivity index (χ1n) is 8.18. The van der Waals surface area contributed by atoms with Crippen LogP contribution in [-0.4, -0.2) is 24.8 Å². The number of fused-ring (bicyclic) bond motifs is 1. The highest BCUT2D eigenvalue weighted by molar-refractivity contribution is 5.89. The van der Waals surface area contributed by atoms with E-state index in [0.29, 0.717) is 17.9 Å². The number of carbonyl (C=O) groups is 1. The van der Waals surface area contributed by atoms with Crippen LogP contribution in [0.25, 0.3) is 0 Å². The van der Waals surface area contributed by atoms with Crippen molar-refractivity contribution in [1.29, 1.82) is 0 Å². The average Bonchev–Trinajstić information content (AvgIpc) is 2.66. The topological polar surface area (TPSA) is 55.8 Å². The minimum Gasteiger partial charge on any atom is -0.508 e. The van der Waals surface area contributed by atoms with E-state index in [1.165, 1.54) is 7.11 Å². The minimum atomic E-state index is -0.632. The fraction of sp³-hybridized carbons (Fsp3) is 0.286. The number of hydrogen-bond donors (Lipinski definition) is 1. The van der Waals surface area contributed by atoms with Gasteiger partial charge in [-0.15, -0.1) is 6.42 Å². The summed E-state index contributed by atoms with van der Waals surface area (Å²) < 4.78 is 10.6. The standard InChI is InChI=1S/C21H20O4/c1-4-18-17-11-10-16(22)12-19(17)25-13-21(18,5-2)15-8-6-14(7-9-15)20(23)24-3/h2,6-12,18,22H,4,13H2,1,3H3/t18-,21-/m1/s1. The van der Waals surface area contributed by atoms with Gasteiger partial charge in [-0.25, -0.2) is 4.79 Å². The smallest absolute Gasteiger partial charge is 0.337 e. The van der Waals surface area contributed by atoms with Crippen LogP contribution < -0.4 is 4.74 Å². The molecule has 0 aromatic heterocycles. The van der Waals surface area contributed by atoms with Crippen LogP contribution in [0.3, 0.4) is 0 Å². The molecule has 2 aromatic rings. The summed E-state index contributed by atoms with van der Waals surface area (Å²) >= 11 is 0. The zero-order valence-corrected chi connectivity index (χ0v) is 14.3. The highest BCUT2D eigenvalue weighted by Gasteiger charge is 2.44. The van der Waals surface area contributed by atoms with Crippen LogP contribution in [0.15, 0.2) is 42.5 Å². The molecule has 2 aromatic carbocycles. The van der Waals surface area contributed by atoms with Gasteiger partial charge in [0, 0.05) is 12.0 Å². The molecule has 1 heterocycles. The summed E-state index contributed by atoms with van der Waals surface area (Å²) in [6, 6.07) is 12.3. The molecule has 0 unspecified atom stereocenters. The molecule has 0 saturated carbocycles. The van der Waals surface area contributed by atoms with E-state index in [9.17, 15) is 9.90 Å². The maximum atomic E-state index is 11.7. The Labute approximate surface area is 147 Å². The van der Waals surface area contributed by atoms with Gasteiger partial charge in [-0.05, 0) is 35.7 Å². The molecule has 3 rings (SSSR count). The van der Waals surface area contributed by atoms with E-state index in [2.05, 4.69) is 12.8 Å². The van der Waals surface area contributed by atoms with Gasteiger partial charge >= 0.3 is 5.97 Å². The van der Waals surface area contributed by atoms with E-state index in [4.69, 9.17) is 15.9 Å². The molecule has 4 heteroatoms. The highest BCUT2D eigenvalue weighted by atomic mass is 16.5. The molecule has 0 spiro atoms. The molecule has 2 atom stereocenters. The van der Waals surface area contributed by atoms with E-state index >= 15 is 0 Å². The lowest BCUT2D eigenvalue weighted by molar-refractivity contribution is 0.0600. The van der Waals surface area contributed by atoms with Crippen LogP contribution >= 0.6 is 0 Å². The van der Waals surface area contributed by atoms with Gasteiger partial charge in [0.25, 0.3) is 0 Å². The van der Waals surface area contributed by atoms with Gasteiger partial charge in [0.2, 0.25) is 0 Å². The Morgan fingerprint density at radius 1 is 1.36 bits per heavy atom. The van der Waals surface area contributed by atoms with Crippen molar-refractivity contribution in [2.45, 2.75) is 24.7 Å². The predicted octanol–water partition coefficient (Wildman–Crippen LogP) is 3.64. The van der Waals surface area contributed by atoms with Crippen molar-refractivity contribution in [2.75, 3.05) is 13.7 Å². The molecule has 0 radical (unpaired) electrons. The van der Waals surface area contributed by atoms with E-state index in [1.54, 1.807) is 24.3 Å². The Balaban J connectivity index is 2.07. The molecule has 4 nitrogen and oxygen atoms in total. The summed E-state index contributed by atoms with van der Waals surface area (Å²) in [4.78, 5) is 11.7. The quantitative estimate of drug-likeness (QED) is 0.687. The minimum absolute atomic E-state index is 0.0471. The first-order valence-corrected chi connectivity index (χ1v) is 8.18. The second-order valence-corrected chi connectivity index (χ2v) is 6.16. The number of aromatic hydroxyl groups is 1. The number of phenols is 1. The van der Waals surface area contributed by atoms with Crippen LogP contribution in [-0.2, 0) is 10.2 Å². The molecule has 0 amide bonds. The van der Waals surface area contributed by atoms with Crippen LogP contribution in [0.5, 0.6) is 11.5 Å². The largest absolute Gasteiger partial charge is 0.508 e. The van der Waals surface area contributed by atoms with Gasteiger partial charge in [0.1, 0.15) is 18.1 Å². The SMILES string of the molecule is C#C[C@]1(c2ccc(C(=O)OC)cc2)COc2cc(O)ccc2[C@H]1CC. The molecule has 0 aliphatic carbocycles. The first kappa shape index (κ1) is 16.9. The second-order valence-electron chi connectivity index (χ2n) is 6.16. The molecule has 1 N–H and O–H groups in total. The third kappa shape index (κ3) is 2.72. The maximum Gasteiger partial charge on any atom is 0.337 e. The summed E-state index contributed by atoms with van der Waals surface area (Å²) in [5.41, 5.74) is 1.76. The van der Waals surface area contributed by atoms with Gasteiger partial charge in [0.15, 0.2) is 0 Å². The Kier molecular flexibility index (Phi) is 4.41. The summed E-state index contributed by atoms with van der Waals surface area (Å²) in [5.74, 6) is 3.46. The molecule has 25 heavy (non-hydrogen) atoms. The fourth-order valence-electron chi connectivity index (χ4n) is 3.59. The van der Waals surface area contributed by atoms with E-state index < -0.39 is 5.41 Å². The van der Waals surface area contributed by atoms with Gasteiger partial charge in [-0.1, -0.05) is 31.0 Å². The summed E-state index contributed by atoms with van der Waals surface area (Å²) in [7, 11) is 1.35. The number of rotatable bonds is 3. The summed E-state index contributed by atoms with van der Waals surface area (Å²) in [6.45, 7) is 2.40. The number of ether oxygens (including phenoxy) is 2. The predicted molar refractivity (Wildman–Crippen MR) is 94.9 cm³/mol. The van der Waals surface area contributed by atoms with Crippen LogP contribution in [0.4, 0.5) is 0 Å². The molecule has 1 aliphatic heterocycles. The Bertz CT molecular complexity index is 832. The molecule has 128 valence electrons. The lowest BCUT2D eigenvalue weighted by Gasteiger charge is -2.41. The van der Waals surface area contributed by atoms with Gasteiger partial charge in [-0.2, -0.15) is 0 Å². The molecular weight excluding hydrogens is 316 g/mol. The maximum absolute atomic E-state index is 11.7. The normalized spacial score (nSPS) is 21.6. The highest BCUT2D eigenvalue weighted by Crippen LogP contribution is 2.48. The lowest BCUT2D eigenvalue weighted by atomic mass is 9.66. The van der Waals surface area contributed by atoms with Gasteiger partial charge < -0.3 is 14.6 Å². The summed E-state index contributed by atoms with van der Waals surface area (Å²) in [6.07, 6.45) is 6.80. The first-order chi connectivity index (χ1) is 12.1. The van der Waals surface area contributed by atoms with Crippen molar-refractivity contribution >= 4 is 5.97 Å². The van der Waals surface area contributed by atoms with Crippen molar-refractivity contribution in [1.82, 2.24) is 0 Å². The van der Waals surface area contributed by atoms with Crippen LogP contribution in [0, 0.1) is 12.3 Å². The number of carbonyl (C=O) groups excluding carboxylic acids is 1. The van der Waals surface area contributed by atoms with Gasteiger partial charge in [0.05, 0.1) is 18.1 Å². The van der Waals surface area contributed by atoms with Crippen molar-refractivity contribution in [2.24, 2.45) is 0 Å². The van der Waals surface area contributed by atoms with Gasteiger partial charge in [-0.3, -0.25) is 0 Å². The van der Waals surface area contributed by atoms with E-state index in [1.807, 2.05) is 18.2 Å². The van der Waals surface area contributed by atoms with Crippen LogP contribution in [0.2, 0.25) is 0 Å². The molecular formula is C21H20O4. The fourth-order valence-corrected chi connectivity index (χ4v) is 3.59. The van der Waals surface area contributed by atoms with E-state index in [-0.39, 0.29) is 17.6 Å². The zero-order valence-electron chi connectivity index (χ0n) is 14.3.